The van der Waals surface area contributed by atoms with Crippen LogP contribution in [0.15, 0.2) is 54.6 Å². The maximum absolute atomic E-state index is 12.6. The van der Waals surface area contributed by atoms with E-state index < -0.39 is 5.97 Å². The van der Waals surface area contributed by atoms with Crippen molar-refractivity contribution in [1.29, 1.82) is 0 Å². The van der Waals surface area contributed by atoms with Crippen LogP contribution in [0.3, 0.4) is 0 Å². The summed E-state index contributed by atoms with van der Waals surface area (Å²) in [6, 6.07) is 16.3. The first-order valence-corrected chi connectivity index (χ1v) is 9.92. The van der Waals surface area contributed by atoms with Crippen molar-refractivity contribution in [2.75, 3.05) is 34.0 Å². The van der Waals surface area contributed by atoms with Gasteiger partial charge in [-0.05, 0) is 35.2 Å². The number of likely N-dealkylation sites (N-methyl/N-ethyl adjacent to an activating group) is 1. The van der Waals surface area contributed by atoms with Crippen molar-refractivity contribution in [3.8, 4) is 17.2 Å². The summed E-state index contributed by atoms with van der Waals surface area (Å²) < 4.78 is 21.7. The molecule has 3 aromatic rings. The Hall–Kier alpha value is -3.74. The van der Waals surface area contributed by atoms with Crippen molar-refractivity contribution in [3.63, 3.8) is 0 Å². The third-order valence-corrected chi connectivity index (χ3v) is 5.10. The van der Waals surface area contributed by atoms with E-state index in [1.54, 1.807) is 26.3 Å². The lowest BCUT2D eigenvalue weighted by Crippen LogP contribution is -2.31. The quantitative estimate of drug-likeness (QED) is 0.568. The van der Waals surface area contributed by atoms with E-state index in [0.29, 0.717) is 48.0 Å². The second kappa shape index (κ2) is 8.95. The van der Waals surface area contributed by atoms with Gasteiger partial charge in [0.15, 0.2) is 18.1 Å². The first kappa shape index (κ1) is 20.5. The summed E-state index contributed by atoms with van der Waals surface area (Å²) in [6.45, 7) is 1.04. The molecule has 7 heteroatoms. The van der Waals surface area contributed by atoms with Crippen LogP contribution in [0, 0.1) is 0 Å². The summed E-state index contributed by atoms with van der Waals surface area (Å²) in [4.78, 5) is 26.7. The molecule has 160 valence electrons. The molecule has 31 heavy (non-hydrogen) atoms. The van der Waals surface area contributed by atoms with Crippen LogP contribution < -0.4 is 14.2 Å². The summed E-state index contributed by atoms with van der Waals surface area (Å²) in [7, 11) is 3.24. The summed E-state index contributed by atoms with van der Waals surface area (Å²) >= 11 is 0. The molecule has 0 N–H and O–H groups in total. The minimum absolute atomic E-state index is 0.305. The number of hydrogen-bond acceptors (Lipinski definition) is 6. The zero-order chi connectivity index (χ0) is 21.8. The number of carbonyl (C=O) groups is 2. The minimum Gasteiger partial charge on any atom is -0.496 e. The molecule has 7 nitrogen and oxygen atoms in total. The van der Waals surface area contributed by atoms with Crippen molar-refractivity contribution in [2.45, 2.75) is 6.54 Å². The Morgan fingerprint density at radius 3 is 2.48 bits per heavy atom. The number of benzene rings is 3. The molecular formula is C24H23NO6. The summed E-state index contributed by atoms with van der Waals surface area (Å²) in [6.07, 6.45) is 0. The summed E-state index contributed by atoms with van der Waals surface area (Å²) in [5.74, 6) is 1.18. The third kappa shape index (κ3) is 4.40. The van der Waals surface area contributed by atoms with Crippen LogP contribution in [0.25, 0.3) is 10.8 Å². The smallest absolute Gasteiger partial charge is 0.339 e. The van der Waals surface area contributed by atoms with Crippen LogP contribution in [0.2, 0.25) is 0 Å². The number of methoxy groups -OCH3 is 1. The van der Waals surface area contributed by atoms with E-state index in [1.165, 1.54) is 4.90 Å². The second-order valence-corrected chi connectivity index (χ2v) is 7.16. The lowest BCUT2D eigenvalue weighted by molar-refractivity contribution is -0.133. The van der Waals surface area contributed by atoms with Gasteiger partial charge >= 0.3 is 5.97 Å². The van der Waals surface area contributed by atoms with Crippen LogP contribution in [-0.2, 0) is 16.1 Å². The number of nitrogens with zero attached hydrogens (tertiary/aromatic N) is 1. The molecule has 1 amide bonds. The zero-order valence-electron chi connectivity index (χ0n) is 17.4. The van der Waals surface area contributed by atoms with Gasteiger partial charge in [0, 0.05) is 19.0 Å². The molecule has 1 aliphatic rings. The number of esters is 1. The molecule has 3 aromatic carbocycles. The van der Waals surface area contributed by atoms with Crippen LogP contribution >= 0.6 is 0 Å². The molecule has 0 radical (unpaired) electrons. The number of hydrogen-bond donors (Lipinski definition) is 0. The van der Waals surface area contributed by atoms with Gasteiger partial charge in [-0.1, -0.05) is 30.3 Å². The van der Waals surface area contributed by atoms with Crippen LogP contribution in [0.5, 0.6) is 17.2 Å². The van der Waals surface area contributed by atoms with Crippen LogP contribution in [0.4, 0.5) is 0 Å². The molecule has 0 fully saturated rings. The van der Waals surface area contributed by atoms with Crippen molar-refractivity contribution in [1.82, 2.24) is 4.90 Å². The molecule has 0 aliphatic carbocycles. The zero-order valence-corrected chi connectivity index (χ0v) is 17.4. The van der Waals surface area contributed by atoms with Crippen LogP contribution in [0.1, 0.15) is 15.9 Å². The molecule has 0 spiro atoms. The van der Waals surface area contributed by atoms with Gasteiger partial charge in [0.25, 0.3) is 5.91 Å². The van der Waals surface area contributed by atoms with Crippen molar-refractivity contribution in [3.05, 3.63) is 65.7 Å². The number of rotatable bonds is 6. The van der Waals surface area contributed by atoms with E-state index in [0.717, 1.165) is 10.9 Å². The highest BCUT2D eigenvalue weighted by Crippen LogP contribution is 2.31. The Labute approximate surface area is 180 Å². The summed E-state index contributed by atoms with van der Waals surface area (Å²) in [5.41, 5.74) is 1.28. The van der Waals surface area contributed by atoms with Gasteiger partial charge in [-0.3, -0.25) is 4.79 Å². The Kier molecular flexibility index (Phi) is 5.93. The molecule has 0 saturated carbocycles. The Morgan fingerprint density at radius 1 is 0.968 bits per heavy atom. The predicted octanol–water partition coefficient (Wildman–Crippen LogP) is 3.44. The Balaban J connectivity index is 1.39. The number of fused-ring (bicyclic) bond motifs is 2. The van der Waals surface area contributed by atoms with E-state index in [9.17, 15) is 9.59 Å². The third-order valence-electron chi connectivity index (χ3n) is 5.10. The maximum Gasteiger partial charge on any atom is 0.339 e. The Morgan fingerprint density at radius 2 is 1.71 bits per heavy atom. The van der Waals surface area contributed by atoms with Gasteiger partial charge in [0.05, 0.1) is 12.7 Å². The van der Waals surface area contributed by atoms with E-state index >= 15 is 0 Å². The van der Waals surface area contributed by atoms with Crippen molar-refractivity contribution < 1.29 is 28.5 Å². The monoisotopic (exact) mass is 421 g/mol. The van der Waals surface area contributed by atoms with Crippen molar-refractivity contribution >= 4 is 22.6 Å². The highest BCUT2D eigenvalue weighted by molar-refractivity contribution is 6.06. The number of ether oxygens (including phenoxy) is 4. The van der Waals surface area contributed by atoms with Gasteiger partial charge in [-0.15, -0.1) is 0 Å². The number of carbonyl (C=O) groups excluding carboxylic acids is 2. The van der Waals surface area contributed by atoms with Gasteiger partial charge in [-0.2, -0.15) is 0 Å². The van der Waals surface area contributed by atoms with Crippen molar-refractivity contribution in [2.24, 2.45) is 0 Å². The standard InChI is InChI=1S/C24H23NO6/c1-25(14-16-7-9-21-22(13-16)30-12-11-29-21)23(26)15-31-24(27)19-8-10-20(28-2)18-6-4-3-5-17(18)19/h3-10,13H,11-12,14-15H2,1-2H3. The molecule has 4 rings (SSSR count). The molecule has 1 heterocycles. The van der Waals surface area contributed by atoms with Gasteiger partial charge in [0.2, 0.25) is 0 Å². The molecule has 1 aliphatic heterocycles. The maximum atomic E-state index is 12.6. The topological polar surface area (TPSA) is 74.3 Å². The average molecular weight is 421 g/mol. The molecule has 0 unspecified atom stereocenters. The second-order valence-electron chi connectivity index (χ2n) is 7.16. The fourth-order valence-corrected chi connectivity index (χ4v) is 3.49. The highest BCUT2D eigenvalue weighted by Gasteiger charge is 2.18. The molecule has 0 bridgehead atoms. The van der Waals surface area contributed by atoms with Gasteiger partial charge in [0.1, 0.15) is 19.0 Å². The van der Waals surface area contributed by atoms with E-state index in [1.807, 2.05) is 42.5 Å². The molecule has 0 aromatic heterocycles. The van der Waals surface area contributed by atoms with Gasteiger partial charge < -0.3 is 23.8 Å². The van der Waals surface area contributed by atoms with Crippen LogP contribution in [-0.4, -0.2) is 50.8 Å². The Bertz CT molecular complexity index is 1130. The van der Waals surface area contributed by atoms with Gasteiger partial charge in [-0.25, -0.2) is 4.79 Å². The number of amides is 1. The first-order valence-electron chi connectivity index (χ1n) is 9.92. The molecule has 0 atom stereocenters. The average Bonchev–Trinajstić information content (AvgIpc) is 2.81. The lowest BCUT2D eigenvalue weighted by atomic mass is 10.0. The predicted molar refractivity (Wildman–Crippen MR) is 115 cm³/mol. The summed E-state index contributed by atoms with van der Waals surface area (Å²) in [5, 5.41) is 1.52. The van der Waals surface area contributed by atoms with E-state index in [-0.39, 0.29) is 12.5 Å². The molecule has 0 saturated heterocycles. The fraction of sp³-hybridized carbons (Fsp3) is 0.250. The normalized spacial score (nSPS) is 12.3. The first-order chi connectivity index (χ1) is 15.1. The lowest BCUT2D eigenvalue weighted by Gasteiger charge is -2.21. The minimum atomic E-state index is -0.556. The SMILES string of the molecule is COc1ccc(C(=O)OCC(=O)N(C)Cc2ccc3c(c2)OCCO3)c2ccccc12. The fourth-order valence-electron chi connectivity index (χ4n) is 3.49. The largest absolute Gasteiger partial charge is 0.496 e. The highest BCUT2D eigenvalue weighted by atomic mass is 16.6. The molecular weight excluding hydrogens is 398 g/mol. The van der Waals surface area contributed by atoms with E-state index in [2.05, 4.69) is 0 Å². The van der Waals surface area contributed by atoms with E-state index in [4.69, 9.17) is 18.9 Å².